The molecule has 0 fully saturated rings. The summed E-state index contributed by atoms with van der Waals surface area (Å²) in [5.74, 6) is 0. The van der Waals surface area contributed by atoms with Crippen LogP contribution in [0.15, 0.2) is 18.2 Å². The van der Waals surface area contributed by atoms with Gasteiger partial charge in [0.05, 0.1) is 29.6 Å². The minimum atomic E-state index is -0.0266. The number of aliphatic hydroxyl groups excluding tert-OH is 1. The van der Waals surface area contributed by atoms with E-state index >= 15 is 0 Å². The molecule has 0 saturated carbocycles. The number of nitriles is 1. The van der Waals surface area contributed by atoms with E-state index in [0.29, 0.717) is 30.0 Å². The van der Waals surface area contributed by atoms with Gasteiger partial charge in [-0.25, -0.2) is 0 Å². The fourth-order valence-electron chi connectivity index (χ4n) is 1.56. The predicted octanol–water partition coefficient (Wildman–Crippen LogP) is 0.950. The highest BCUT2D eigenvalue weighted by Crippen LogP contribution is 2.23. The number of methoxy groups -OCH3 is 1. The van der Waals surface area contributed by atoms with Crippen molar-refractivity contribution in [1.29, 1.82) is 5.26 Å². The van der Waals surface area contributed by atoms with E-state index in [1.807, 2.05) is 6.07 Å². The van der Waals surface area contributed by atoms with Gasteiger partial charge in [-0.15, -0.1) is 0 Å². The molecule has 0 aromatic heterocycles. The van der Waals surface area contributed by atoms with E-state index in [1.54, 1.807) is 25.3 Å². The third-order valence-corrected chi connectivity index (χ3v) is 2.43. The predicted molar refractivity (Wildman–Crippen MR) is 66.6 cm³/mol. The van der Waals surface area contributed by atoms with E-state index in [2.05, 4.69) is 5.32 Å². The molecule has 17 heavy (non-hydrogen) atoms. The molecule has 0 amide bonds. The molecule has 92 valence electrons. The number of nitrogens with two attached hydrogens (primary N) is 1. The van der Waals surface area contributed by atoms with Crippen molar-refractivity contribution in [2.45, 2.75) is 12.5 Å². The van der Waals surface area contributed by atoms with Crippen LogP contribution in [-0.4, -0.2) is 31.5 Å². The zero-order valence-corrected chi connectivity index (χ0v) is 9.81. The lowest BCUT2D eigenvalue weighted by atomic mass is 10.1. The Hall–Kier alpha value is -1.77. The van der Waals surface area contributed by atoms with Gasteiger partial charge in [0.15, 0.2) is 0 Å². The van der Waals surface area contributed by atoms with E-state index in [-0.39, 0.29) is 12.6 Å². The number of benzene rings is 1. The maximum Gasteiger partial charge on any atom is 0.101 e. The molecule has 5 heteroatoms. The van der Waals surface area contributed by atoms with Gasteiger partial charge in [0.2, 0.25) is 0 Å². The number of anilines is 2. The normalized spacial score (nSPS) is 11.8. The number of hydrogen-bond donors (Lipinski definition) is 3. The zero-order valence-electron chi connectivity index (χ0n) is 9.81. The maximum absolute atomic E-state index is 8.93. The number of para-hydroxylation sites is 1. The molecule has 0 aliphatic carbocycles. The van der Waals surface area contributed by atoms with Crippen molar-refractivity contribution in [1.82, 2.24) is 0 Å². The van der Waals surface area contributed by atoms with Crippen LogP contribution in [0.5, 0.6) is 0 Å². The Morgan fingerprint density at radius 2 is 2.35 bits per heavy atom. The average Bonchev–Trinajstić information content (AvgIpc) is 2.32. The van der Waals surface area contributed by atoms with Crippen molar-refractivity contribution < 1.29 is 9.84 Å². The van der Waals surface area contributed by atoms with Crippen LogP contribution in [0.25, 0.3) is 0 Å². The van der Waals surface area contributed by atoms with E-state index in [1.165, 1.54) is 0 Å². The van der Waals surface area contributed by atoms with Gasteiger partial charge in [0.1, 0.15) is 6.07 Å². The number of nitrogens with zero attached hydrogens (tertiary/aromatic N) is 1. The summed E-state index contributed by atoms with van der Waals surface area (Å²) in [5, 5.41) is 21.0. The summed E-state index contributed by atoms with van der Waals surface area (Å²) in [5.41, 5.74) is 7.41. The first-order valence-corrected chi connectivity index (χ1v) is 5.37. The van der Waals surface area contributed by atoms with Crippen molar-refractivity contribution in [2.75, 3.05) is 31.4 Å². The number of nitrogens with one attached hydrogen (secondary N) is 1. The molecule has 5 nitrogen and oxygen atoms in total. The van der Waals surface area contributed by atoms with Crippen molar-refractivity contribution in [3.8, 4) is 6.07 Å². The van der Waals surface area contributed by atoms with Crippen LogP contribution in [-0.2, 0) is 4.74 Å². The molecule has 1 atom stereocenters. The Morgan fingerprint density at radius 1 is 1.59 bits per heavy atom. The van der Waals surface area contributed by atoms with E-state index in [0.717, 1.165) is 0 Å². The molecule has 1 unspecified atom stereocenters. The van der Waals surface area contributed by atoms with Gasteiger partial charge in [-0.2, -0.15) is 5.26 Å². The smallest absolute Gasteiger partial charge is 0.101 e. The summed E-state index contributed by atoms with van der Waals surface area (Å²) in [6.45, 7) is 0.537. The molecule has 0 radical (unpaired) electrons. The van der Waals surface area contributed by atoms with Gasteiger partial charge in [-0.05, 0) is 18.6 Å². The molecule has 0 aliphatic rings. The number of ether oxygens (including phenoxy) is 1. The van der Waals surface area contributed by atoms with Gasteiger partial charge in [-0.3, -0.25) is 0 Å². The van der Waals surface area contributed by atoms with Gasteiger partial charge in [0.25, 0.3) is 0 Å². The molecule has 4 N–H and O–H groups in total. The highest BCUT2D eigenvalue weighted by Gasteiger charge is 2.11. The Labute approximate surface area is 101 Å². The Balaban J connectivity index is 2.82. The lowest BCUT2D eigenvalue weighted by Crippen LogP contribution is -2.26. The molecule has 0 aliphatic heterocycles. The molecule has 1 rings (SSSR count). The van der Waals surface area contributed by atoms with E-state index < -0.39 is 0 Å². The molecular weight excluding hydrogens is 218 g/mol. The number of nitrogen functional groups attached to an aromatic ring is 1. The molecule has 1 aromatic rings. The van der Waals surface area contributed by atoms with Gasteiger partial charge < -0.3 is 20.9 Å². The monoisotopic (exact) mass is 235 g/mol. The summed E-state index contributed by atoms with van der Waals surface area (Å²) >= 11 is 0. The van der Waals surface area contributed by atoms with Crippen LogP contribution in [0, 0.1) is 11.3 Å². The standard InChI is InChI=1S/C12H17N3O2/c1-17-8-10(5-6-16)15-11-4-2-3-9(7-13)12(11)14/h2-4,10,15-16H,5-6,8,14H2,1H3. The highest BCUT2D eigenvalue weighted by molar-refractivity contribution is 5.73. The topological polar surface area (TPSA) is 91.3 Å². The largest absolute Gasteiger partial charge is 0.396 e. The molecule has 1 aromatic carbocycles. The van der Waals surface area contributed by atoms with Crippen LogP contribution in [0.4, 0.5) is 11.4 Å². The third-order valence-electron chi connectivity index (χ3n) is 2.43. The van der Waals surface area contributed by atoms with Gasteiger partial charge in [-0.1, -0.05) is 6.07 Å². The zero-order chi connectivity index (χ0) is 12.7. The number of aliphatic hydroxyl groups is 1. The quantitative estimate of drug-likeness (QED) is 0.638. The van der Waals surface area contributed by atoms with Crippen molar-refractivity contribution in [2.24, 2.45) is 0 Å². The summed E-state index contributed by atoms with van der Waals surface area (Å²) in [7, 11) is 1.60. The minimum Gasteiger partial charge on any atom is -0.396 e. The van der Waals surface area contributed by atoms with Crippen molar-refractivity contribution in [3.05, 3.63) is 23.8 Å². The molecule has 0 bridgehead atoms. The van der Waals surface area contributed by atoms with Crippen molar-refractivity contribution >= 4 is 11.4 Å². The fourth-order valence-corrected chi connectivity index (χ4v) is 1.56. The van der Waals surface area contributed by atoms with Crippen LogP contribution >= 0.6 is 0 Å². The summed E-state index contributed by atoms with van der Waals surface area (Å²) in [6.07, 6.45) is 0.560. The molecule has 0 heterocycles. The van der Waals surface area contributed by atoms with Crippen LogP contribution in [0.2, 0.25) is 0 Å². The van der Waals surface area contributed by atoms with Crippen molar-refractivity contribution in [3.63, 3.8) is 0 Å². The SMILES string of the molecule is COCC(CCO)Nc1cccc(C#N)c1N. The Morgan fingerprint density at radius 3 is 2.94 bits per heavy atom. The second-order valence-corrected chi connectivity index (χ2v) is 3.69. The van der Waals surface area contributed by atoms with Crippen LogP contribution in [0.1, 0.15) is 12.0 Å². The second kappa shape index (κ2) is 6.74. The van der Waals surface area contributed by atoms with E-state index in [9.17, 15) is 0 Å². The van der Waals surface area contributed by atoms with Gasteiger partial charge in [0, 0.05) is 13.7 Å². The molecule has 0 spiro atoms. The lowest BCUT2D eigenvalue weighted by molar-refractivity contribution is 0.170. The molecule has 0 saturated heterocycles. The second-order valence-electron chi connectivity index (χ2n) is 3.69. The first kappa shape index (κ1) is 13.3. The van der Waals surface area contributed by atoms with Crippen LogP contribution < -0.4 is 11.1 Å². The maximum atomic E-state index is 8.93. The first-order chi connectivity index (χ1) is 8.22. The summed E-state index contributed by atoms with van der Waals surface area (Å²) < 4.78 is 5.05. The highest BCUT2D eigenvalue weighted by atomic mass is 16.5. The Bertz CT molecular complexity index is 395. The number of rotatable bonds is 6. The number of hydrogen-bond acceptors (Lipinski definition) is 5. The van der Waals surface area contributed by atoms with Crippen LogP contribution in [0.3, 0.4) is 0 Å². The summed E-state index contributed by atoms with van der Waals surface area (Å²) in [4.78, 5) is 0. The summed E-state index contributed by atoms with van der Waals surface area (Å²) in [6, 6.07) is 7.23. The van der Waals surface area contributed by atoms with E-state index in [4.69, 9.17) is 20.8 Å². The fraction of sp³-hybridized carbons (Fsp3) is 0.417. The third kappa shape index (κ3) is 3.63. The first-order valence-electron chi connectivity index (χ1n) is 5.37. The Kier molecular flexibility index (Phi) is 5.27. The van der Waals surface area contributed by atoms with Gasteiger partial charge >= 0.3 is 0 Å². The minimum absolute atomic E-state index is 0.0266. The average molecular weight is 235 g/mol. The molecular formula is C12H17N3O2. The lowest BCUT2D eigenvalue weighted by Gasteiger charge is -2.19.